The first-order chi connectivity index (χ1) is 15.0. The van der Waals surface area contributed by atoms with Crippen molar-refractivity contribution in [3.63, 3.8) is 0 Å². The van der Waals surface area contributed by atoms with Crippen molar-refractivity contribution in [2.45, 2.75) is 40.3 Å². The van der Waals surface area contributed by atoms with Gasteiger partial charge in [-0.25, -0.2) is 8.42 Å². The first kappa shape index (κ1) is 25.7. The van der Waals surface area contributed by atoms with Crippen LogP contribution >= 0.6 is 11.6 Å². The molecule has 174 valence electrons. The second kappa shape index (κ2) is 10.8. The number of benzene rings is 2. The molecule has 32 heavy (non-hydrogen) atoms. The van der Waals surface area contributed by atoms with Crippen LogP contribution < -0.4 is 9.62 Å². The lowest BCUT2D eigenvalue weighted by Crippen LogP contribution is -2.51. The Hall–Kier alpha value is -2.58. The van der Waals surface area contributed by atoms with Gasteiger partial charge in [0.25, 0.3) is 0 Å². The van der Waals surface area contributed by atoms with E-state index in [1.165, 1.54) is 4.90 Å². The molecule has 0 heterocycles. The number of carbonyl (C=O) groups excluding carboxylic acids is 2. The number of sulfonamides is 1. The summed E-state index contributed by atoms with van der Waals surface area (Å²) in [4.78, 5) is 27.4. The van der Waals surface area contributed by atoms with Gasteiger partial charge in [-0.2, -0.15) is 0 Å². The monoisotopic (exact) mass is 479 g/mol. The molecule has 0 saturated heterocycles. The molecule has 0 aliphatic carbocycles. The lowest BCUT2D eigenvalue weighted by Gasteiger charge is -2.32. The molecule has 0 radical (unpaired) electrons. The Morgan fingerprint density at radius 2 is 1.66 bits per heavy atom. The molecule has 2 amide bonds. The summed E-state index contributed by atoms with van der Waals surface area (Å²) < 4.78 is 26.4. The number of halogens is 1. The number of nitrogens with zero attached hydrogens (tertiary/aromatic N) is 2. The fourth-order valence-corrected chi connectivity index (χ4v) is 4.65. The Morgan fingerprint density at radius 3 is 2.19 bits per heavy atom. The summed E-state index contributed by atoms with van der Waals surface area (Å²) in [6.45, 7) is 7.05. The van der Waals surface area contributed by atoms with E-state index in [1.54, 1.807) is 64.1 Å². The zero-order valence-electron chi connectivity index (χ0n) is 19.1. The SMILES string of the molecule is CCNC(=O)[C@H](C)N(Cc1ccccc1Cl)C(=O)CN(c1c(C)cccc1C)S(C)(=O)=O. The highest BCUT2D eigenvalue weighted by molar-refractivity contribution is 7.92. The summed E-state index contributed by atoms with van der Waals surface area (Å²) >= 11 is 6.29. The van der Waals surface area contributed by atoms with E-state index >= 15 is 0 Å². The van der Waals surface area contributed by atoms with Crippen molar-refractivity contribution in [3.05, 3.63) is 64.2 Å². The number of anilines is 1. The number of amides is 2. The zero-order valence-corrected chi connectivity index (χ0v) is 20.6. The summed E-state index contributed by atoms with van der Waals surface area (Å²) in [6.07, 6.45) is 1.07. The Labute approximate surface area is 195 Å². The number of likely N-dealkylation sites (N-methyl/N-ethyl adjacent to an activating group) is 1. The Kier molecular flexibility index (Phi) is 8.69. The first-order valence-corrected chi connectivity index (χ1v) is 12.5. The van der Waals surface area contributed by atoms with Gasteiger partial charge in [-0.05, 0) is 50.5 Å². The van der Waals surface area contributed by atoms with Crippen molar-refractivity contribution in [1.29, 1.82) is 0 Å². The van der Waals surface area contributed by atoms with E-state index in [-0.39, 0.29) is 12.5 Å². The molecule has 2 rings (SSSR count). The third kappa shape index (κ3) is 6.23. The summed E-state index contributed by atoms with van der Waals surface area (Å²) in [5.41, 5.74) is 2.60. The molecular weight excluding hydrogens is 450 g/mol. The molecule has 0 saturated carbocycles. The van der Waals surface area contributed by atoms with Crippen LogP contribution in [-0.4, -0.2) is 50.5 Å². The third-order valence-electron chi connectivity index (χ3n) is 5.18. The van der Waals surface area contributed by atoms with E-state index in [2.05, 4.69) is 5.32 Å². The largest absolute Gasteiger partial charge is 0.355 e. The average Bonchev–Trinajstić information content (AvgIpc) is 2.71. The number of aryl methyl sites for hydroxylation is 2. The van der Waals surface area contributed by atoms with Crippen molar-refractivity contribution in [2.75, 3.05) is 23.7 Å². The van der Waals surface area contributed by atoms with Crippen molar-refractivity contribution in [1.82, 2.24) is 10.2 Å². The van der Waals surface area contributed by atoms with Gasteiger partial charge in [0.1, 0.15) is 12.6 Å². The van der Waals surface area contributed by atoms with Crippen LogP contribution in [0.15, 0.2) is 42.5 Å². The summed E-state index contributed by atoms with van der Waals surface area (Å²) in [7, 11) is -3.77. The minimum Gasteiger partial charge on any atom is -0.355 e. The number of hydrogen-bond donors (Lipinski definition) is 1. The molecule has 7 nitrogen and oxygen atoms in total. The van der Waals surface area contributed by atoms with Gasteiger partial charge in [0, 0.05) is 18.1 Å². The summed E-state index contributed by atoms with van der Waals surface area (Å²) in [6, 6.07) is 11.6. The number of nitrogens with one attached hydrogen (secondary N) is 1. The minimum atomic E-state index is -3.77. The van der Waals surface area contributed by atoms with Crippen molar-refractivity contribution < 1.29 is 18.0 Å². The van der Waals surface area contributed by atoms with Crippen LogP contribution in [0.4, 0.5) is 5.69 Å². The first-order valence-electron chi connectivity index (χ1n) is 10.3. The maximum absolute atomic E-state index is 13.5. The number of carbonyl (C=O) groups is 2. The smallest absolute Gasteiger partial charge is 0.244 e. The van der Waals surface area contributed by atoms with E-state index in [9.17, 15) is 18.0 Å². The molecule has 0 aliphatic rings. The van der Waals surface area contributed by atoms with E-state index in [4.69, 9.17) is 11.6 Å². The molecule has 0 spiro atoms. The topological polar surface area (TPSA) is 86.8 Å². The van der Waals surface area contributed by atoms with Crippen LogP contribution in [0, 0.1) is 13.8 Å². The van der Waals surface area contributed by atoms with Crippen LogP contribution in [0.2, 0.25) is 5.02 Å². The van der Waals surface area contributed by atoms with Crippen molar-refractivity contribution in [2.24, 2.45) is 0 Å². The van der Waals surface area contributed by atoms with Gasteiger partial charge in [-0.1, -0.05) is 48.0 Å². The Bertz CT molecular complexity index is 1070. The summed E-state index contributed by atoms with van der Waals surface area (Å²) in [5.74, 6) is -0.831. The van der Waals surface area contributed by atoms with Crippen LogP contribution in [0.3, 0.4) is 0 Å². The van der Waals surface area contributed by atoms with Gasteiger partial charge in [0.05, 0.1) is 11.9 Å². The van der Waals surface area contributed by atoms with Gasteiger partial charge >= 0.3 is 0 Å². The molecule has 2 aromatic carbocycles. The van der Waals surface area contributed by atoms with E-state index in [0.29, 0.717) is 22.8 Å². The predicted molar refractivity (Wildman–Crippen MR) is 128 cm³/mol. The lowest BCUT2D eigenvalue weighted by atomic mass is 10.1. The van der Waals surface area contributed by atoms with E-state index < -0.39 is 28.5 Å². The maximum Gasteiger partial charge on any atom is 0.244 e. The Morgan fingerprint density at radius 1 is 1.06 bits per heavy atom. The predicted octanol–water partition coefficient (Wildman–Crippen LogP) is 3.28. The fraction of sp³-hybridized carbons (Fsp3) is 0.391. The summed E-state index contributed by atoms with van der Waals surface area (Å²) in [5, 5.41) is 3.18. The second-order valence-electron chi connectivity index (χ2n) is 7.69. The van der Waals surface area contributed by atoms with Gasteiger partial charge in [0.2, 0.25) is 21.8 Å². The fourth-order valence-electron chi connectivity index (χ4n) is 3.49. The molecule has 0 bridgehead atoms. The molecule has 2 aromatic rings. The highest BCUT2D eigenvalue weighted by Crippen LogP contribution is 2.27. The normalized spacial score (nSPS) is 12.2. The van der Waals surface area contributed by atoms with Gasteiger partial charge in [0.15, 0.2) is 0 Å². The van der Waals surface area contributed by atoms with E-state index in [1.807, 2.05) is 6.07 Å². The molecule has 0 fully saturated rings. The molecule has 0 unspecified atom stereocenters. The van der Waals surface area contributed by atoms with Crippen LogP contribution in [0.25, 0.3) is 0 Å². The molecule has 1 atom stereocenters. The van der Waals surface area contributed by atoms with Gasteiger partial charge < -0.3 is 10.2 Å². The average molecular weight is 480 g/mol. The van der Waals surface area contributed by atoms with Crippen LogP contribution in [0.5, 0.6) is 0 Å². The van der Waals surface area contributed by atoms with E-state index in [0.717, 1.165) is 21.7 Å². The van der Waals surface area contributed by atoms with Crippen LogP contribution in [0.1, 0.15) is 30.5 Å². The zero-order chi connectivity index (χ0) is 24.1. The number of rotatable bonds is 9. The molecule has 9 heteroatoms. The minimum absolute atomic E-state index is 0.0706. The standard InChI is InChI=1S/C23H30ClN3O4S/c1-6-25-23(29)18(4)26(14-19-12-7-8-13-20(19)24)21(28)15-27(32(5,30)31)22-16(2)10-9-11-17(22)3/h7-13,18H,6,14-15H2,1-5H3,(H,25,29)/t18-/m0/s1. The third-order valence-corrected chi connectivity index (χ3v) is 6.67. The van der Waals surface area contributed by atoms with Gasteiger partial charge in [-0.3, -0.25) is 13.9 Å². The number of para-hydroxylation sites is 1. The van der Waals surface area contributed by atoms with Gasteiger partial charge in [-0.15, -0.1) is 0 Å². The van der Waals surface area contributed by atoms with Crippen molar-refractivity contribution >= 4 is 39.1 Å². The molecular formula is C23H30ClN3O4S. The number of hydrogen-bond acceptors (Lipinski definition) is 4. The van der Waals surface area contributed by atoms with Crippen molar-refractivity contribution in [3.8, 4) is 0 Å². The molecule has 0 aromatic heterocycles. The second-order valence-corrected chi connectivity index (χ2v) is 10.0. The van der Waals surface area contributed by atoms with Crippen LogP contribution in [-0.2, 0) is 26.2 Å². The Balaban J connectivity index is 2.46. The lowest BCUT2D eigenvalue weighted by molar-refractivity contribution is -0.139. The molecule has 0 aliphatic heterocycles. The highest BCUT2D eigenvalue weighted by Gasteiger charge is 2.31. The highest BCUT2D eigenvalue weighted by atomic mass is 35.5. The quantitative estimate of drug-likeness (QED) is 0.598. The maximum atomic E-state index is 13.5. The molecule has 1 N–H and O–H groups in total.